The molecule has 0 spiro atoms. The van der Waals surface area contributed by atoms with Crippen molar-refractivity contribution in [2.45, 2.75) is 49.9 Å². The maximum absolute atomic E-state index is 13.1. The standard InChI is InChI=1S/C22H22ClF5N4O5/c1-29-20(37)16(33)14(4-9-5-15(22(26,27)28)32-17(9)34)31-19(36)12-6-11(23)2-3-13(12)30-18(35)10-7-21(24,25)8-10/h2-3,6,9-10,14-15H,4-5,7-8H2,1H3,(H,29,37)(H,30,35)(H,31,36)(H,32,34)/t9-,14+,15+/m1/s1. The summed E-state index contributed by atoms with van der Waals surface area (Å²) in [7, 11) is 1.12. The van der Waals surface area contributed by atoms with E-state index in [1.165, 1.54) is 12.1 Å². The first-order chi connectivity index (χ1) is 17.1. The van der Waals surface area contributed by atoms with E-state index in [9.17, 15) is 45.9 Å². The van der Waals surface area contributed by atoms with Crippen LogP contribution in [0.5, 0.6) is 0 Å². The van der Waals surface area contributed by atoms with Gasteiger partial charge in [0.15, 0.2) is 0 Å². The van der Waals surface area contributed by atoms with E-state index >= 15 is 0 Å². The minimum atomic E-state index is -4.73. The molecule has 202 valence electrons. The van der Waals surface area contributed by atoms with Crippen molar-refractivity contribution >= 4 is 46.7 Å². The summed E-state index contributed by atoms with van der Waals surface area (Å²) in [5.41, 5.74) is -0.435. The number of likely N-dealkylation sites (N-methyl/N-ethyl adjacent to an activating group) is 1. The van der Waals surface area contributed by atoms with Crippen LogP contribution in [0.4, 0.5) is 27.6 Å². The van der Waals surface area contributed by atoms with Gasteiger partial charge in [0, 0.05) is 36.7 Å². The van der Waals surface area contributed by atoms with Crippen molar-refractivity contribution < 1.29 is 45.9 Å². The molecule has 15 heteroatoms. The van der Waals surface area contributed by atoms with Gasteiger partial charge in [-0.3, -0.25) is 24.0 Å². The summed E-state index contributed by atoms with van der Waals surface area (Å²) in [6.45, 7) is 0. The number of hydrogen-bond donors (Lipinski definition) is 4. The normalized spacial score (nSPS) is 21.9. The number of anilines is 1. The Kier molecular flexibility index (Phi) is 8.10. The molecule has 1 saturated carbocycles. The van der Waals surface area contributed by atoms with Gasteiger partial charge in [-0.1, -0.05) is 11.6 Å². The largest absolute Gasteiger partial charge is 0.408 e. The van der Waals surface area contributed by atoms with Crippen LogP contribution < -0.4 is 21.3 Å². The number of hydrogen-bond acceptors (Lipinski definition) is 5. The van der Waals surface area contributed by atoms with E-state index in [-0.39, 0.29) is 16.3 Å². The van der Waals surface area contributed by atoms with Crippen LogP contribution in [0.25, 0.3) is 0 Å². The van der Waals surface area contributed by atoms with Crippen LogP contribution >= 0.6 is 11.6 Å². The second-order valence-electron chi connectivity index (χ2n) is 8.88. The number of Topliss-reactive ketones (excluding diaryl/α,β-unsaturated/α-hetero) is 1. The van der Waals surface area contributed by atoms with Crippen molar-refractivity contribution in [2.75, 3.05) is 12.4 Å². The first kappa shape index (κ1) is 28.3. The third-order valence-corrected chi connectivity index (χ3v) is 6.38. The maximum Gasteiger partial charge on any atom is 0.408 e. The van der Waals surface area contributed by atoms with Gasteiger partial charge in [-0.2, -0.15) is 13.2 Å². The summed E-state index contributed by atoms with van der Waals surface area (Å²) in [4.78, 5) is 62.0. The van der Waals surface area contributed by atoms with Crippen LogP contribution in [0.2, 0.25) is 5.02 Å². The van der Waals surface area contributed by atoms with Crippen LogP contribution in [0.1, 0.15) is 36.0 Å². The lowest BCUT2D eigenvalue weighted by Gasteiger charge is -2.33. The second-order valence-corrected chi connectivity index (χ2v) is 9.32. The molecule has 37 heavy (non-hydrogen) atoms. The van der Waals surface area contributed by atoms with Crippen LogP contribution in [-0.4, -0.2) is 60.6 Å². The van der Waals surface area contributed by atoms with Crippen LogP contribution in [0, 0.1) is 11.8 Å². The summed E-state index contributed by atoms with van der Waals surface area (Å²) in [6, 6.07) is -0.227. The highest BCUT2D eigenvalue weighted by Gasteiger charge is 2.50. The van der Waals surface area contributed by atoms with Crippen LogP contribution in [0.3, 0.4) is 0 Å². The second kappa shape index (κ2) is 10.6. The molecular weight excluding hydrogens is 531 g/mol. The van der Waals surface area contributed by atoms with E-state index in [4.69, 9.17) is 11.6 Å². The minimum Gasteiger partial charge on any atom is -0.353 e. The molecule has 0 unspecified atom stereocenters. The molecule has 1 aliphatic carbocycles. The minimum absolute atomic E-state index is 0.0238. The van der Waals surface area contributed by atoms with E-state index < -0.39 is 91.1 Å². The predicted molar refractivity (Wildman–Crippen MR) is 119 cm³/mol. The lowest BCUT2D eigenvalue weighted by molar-refractivity contribution is -0.155. The topological polar surface area (TPSA) is 133 Å². The first-order valence-corrected chi connectivity index (χ1v) is 11.4. The molecule has 3 rings (SSSR count). The number of nitrogens with one attached hydrogen (secondary N) is 4. The first-order valence-electron chi connectivity index (χ1n) is 11.0. The Morgan fingerprint density at radius 3 is 2.38 bits per heavy atom. The summed E-state index contributed by atoms with van der Waals surface area (Å²) in [6.07, 6.45) is -7.39. The third kappa shape index (κ3) is 6.73. The summed E-state index contributed by atoms with van der Waals surface area (Å²) < 4.78 is 65.3. The van der Waals surface area contributed by atoms with Crippen molar-refractivity contribution in [3.63, 3.8) is 0 Å². The molecular formula is C22H22ClF5N4O5. The fraction of sp³-hybridized carbons (Fsp3) is 0.500. The Morgan fingerprint density at radius 1 is 1.19 bits per heavy atom. The Bertz CT molecular complexity index is 1120. The molecule has 1 saturated heterocycles. The Hall–Kier alpha value is -3.29. The molecule has 2 fully saturated rings. The number of halogens is 6. The number of carbonyl (C=O) groups excluding carboxylic acids is 5. The molecule has 1 aliphatic heterocycles. The quantitative estimate of drug-likeness (QED) is 0.290. The number of ketones is 1. The van der Waals surface area contributed by atoms with E-state index in [1.807, 2.05) is 5.32 Å². The number of alkyl halides is 5. The van der Waals surface area contributed by atoms with Crippen molar-refractivity contribution in [3.05, 3.63) is 28.8 Å². The van der Waals surface area contributed by atoms with E-state index in [1.54, 1.807) is 5.32 Å². The van der Waals surface area contributed by atoms with Crippen LogP contribution in [-0.2, 0) is 19.2 Å². The van der Waals surface area contributed by atoms with Gasteiger partial charge in [-0.05, 0) is 31.0 Å². The van der Waals surface area contributed by atoms with Gasteiger partial charge < -0.3 is 21.3 Å². The molecule has 2 aliphatic rings. The molecule has 0 aromatic heterocycles. The van der Waals surface area contributed by atoms with Gasteiger partial charge in [0.05, 0.1) is 17.3 Å². The molecule has 3 atom stereocenters. The molecule has 1 aromatic carbocycles. The highest BCUT2D eigenvalue weighted by atomic mass is 35.5. The SMILES string of the molecule is CNC(=O)C(=O)[C@H](C[C@@H]1C[C@@H](C(F)(F)F)NC1=O)NC(=O)c1cc(Cl)ccc1NC(=O)C1CC(F)(F)C1. The van der Waals surface area contributed by atoms with Crippen molar-refractivity contribution in [1.29, 1.82) is 0 Å². The van der Waals surface area contributed by atoms with Crippen LogP contribution in [0.15, 0.2) is 18.2 Å². The molecule has 0 bridgehead atoms. The fourth-order valence-electron chi connectivity index (χ4n) is 4.09. The average Bonchev–Trinajstić information content (AvgIpc) is 3.17. The van der Waals surface area contributed by atoms with E-state index in [0.29, 0.717) is 0 Å². The lowest BCUT2D eigenvalue weighted by Crippen LogP contribution is -2.48. The van der Waals surface area contributed by atoms with Crippen molar-refractivity contribution in [1.82, 2.24) is 16.0 Å². The van der Waals surface area contributed by atoms with Gasteiger partial charge in [-0.25, -0.2) is 8.78 Å². The van der Waals surface area contributed by atoms with Crippen molar-refractivity contribution in [2.24, 2.45) is 11.8 Å². The lowest BCUT2D eigenvalue weighted by atomic mass is 9.80. The summed E-state index contributed by atoms with van der Waals surface area (Å²) in [5.74, 6) is -10.5. The van der Waals surface area contributed by atoms with Gasteiger partial charge in [0.2, 0.25) is 23.5 Å². The number of amides is 4. The van der Waals surface area contributed by atoms with Gasteiger partial charge in [0.25, 0.3) is 11.8 Å². The molecule has 1 heterocycles. The summed E-state index contributed by atoms with van der Waals surface area (Å²) >= 11 is 5.94. The number of carbonyl (C=O) groups is 5. The fourth-order valence-corrected chi connectivity index (χ4v) is 4.26. The average molecular weight is 553 g/mol. The van der Waals surface area contributed by atoms with Gasteiger partial charge in [0.1, 0.15) is 6.04 Å². The zero-order chi connectivity index (χ0) is 27.7. The molecule has 0 radical (unpaired) electrons. The molecule has 1 aromatic rings. The highest BCUT2D eigenvalue weighted by molar-refractivity contribution is 6.38. The van der Waals surface area contributed by atoms with E-state index in [2.05, 4.69) is 10.6 Å². The molecule has 9 nitrogen and oxygen atoms in total. The van der Waals surface area contributed by atoms with Crippen molar-refractivity contribution in [3.8, 4) is 0 Å². The Morgan fingerprint density at radius 2 is 1.84 bits per heavy atom. The zero-order valence-electron chi connectivity index (χ0n) is 19.2. The number of rotatable bonds is 8. The predicted octanol–water partition coefficient (Wildman–Crippen LogP) is 2.19. The highest BCUT2D eigenvalue weighted by Crippen LogP contribution is 2.43. The van der Waals surface area contributed by atoms with E-state index in [0.717, 1.165) is 13.1 Å². The molecule has 4 amide bonds. The number of benzene rings is 1. The Labute approximate surface area is 211 Å². The maximum atomic E-state index is 13.1. The summed E-state index contributed by atoms with van der Waals surface area (Å²) in [5, 5.41) is 8.42. The van der Waals surface area contributed by atoms with Gasteiger partial charge in [-0.15, -0.1) is 0 Å². The monoisotopic (exact) mass is 552 g/mol. The third-order valence-electron chi connectivity index (χ3n) is 6.14. The Balaban J connectivity index is 1.80. The zero-order valence-corrected chi connectivity index (χ0v) is 19.9. The smallest absolute Gasteiger partial charge is 0.353 e. The van der Waals surface area contributed by atoms with Gasteiger partial charge >= 0.3 is 6.18 Å². The molecule has 4 N–H and O–H groups in total.